The number of anilines is 1. The molecule has 0 radical (unpaired) electrons. The molecular formula is C27H25F6N3O2. The number of benzene rings is 2. The minimum atomic E-state index is -4.98. The molecule has 1 aromatic heterocycles. The number of aryl methyl sites for hydroxylation is 1. The zero-order valence-electron chi connectivity index (χ0n) is 20.7. The van der Waals surface area contributed by atoms with Crippen molar-refractivity contribution in [2.75, 3.05) is 38.3 Å². The highest BCUT2D eigenvalue weighted by molar-refractivity contribution is 6.05. The van der Waals surface area contributed by atoms with E-state index in [2.05, 4.69) is 4.98 Å². The van der Waals surface area contributed by atoms with E-state index < -0.39 is 35.9 Å². The number of nitrogens with zero attached hydrogens (tertiary/aromatic N) is 3. The van der Waals surface area contributed by atoms with Crippen LogP contribution in [0.5, 0.6) is 0 Å². The van der Waals surface area contributed by atoms with Crippen molar-refractivity contribution in [3.63, 3.8) is 0 Å². The van der Waals surface area contributed by atoms with Crippen molar-refractivity contribution in [1.82, 2.24) is 9.88 Å². The molecule has 2 aromatic carbocycles. The Balaban J connectivity index is 1.78. The van der Waals surface area contributed by atoms with Gasteiger partial charge < -0.3 is 14.5 Å². The van der Waals surface area contributed by atoms with Crippen molar-refractivity contribution in [3.8, 4) is 11.1 Å². The first-order valence-corrected chi connectivity index (χ1v) is 11.8. The van der Waals surface area contributed by atoms with Gasteiger partial charge in [-0.05, 0) is 53.4 Å². The largest absolute Gasteiger partial charge is 0.416 e. The quantitative estimate of drug-likeness (QED) is 0.364. The molecule has 1 saturated heterocycles. The predicted octanol–water partition coefficient (Wildman–Crippen LogP) is 6.20. The van der Waals surface area contributed by atoms with E-state index in [-0.39, 0.29) is 17.2 Å². The Kier molecular flexibility index (Phi) is 7.68. The van der Waals surface area contributed by atoms with E-state index in [4.69, 9.17) is 4.74 Å². The van der Waals surface area contributed by atoms with Gasteiger partial charge in [0.1, 0.15) is 5.82 Å². The van der Waals surface area contributed by atoms with Crippen LogP contribution < -0.4 is 4.90 Å². The van der Waals surface area contributed by atoms with Gasteiger partial charge in [-0.3, -0.25) is 4.79 Å². The standard InChI is InChI=1S/C27H25F6N3O2/c1-17-5-3-4-6-21(17)22-7-8-34-24(36-9-11-38-12-10-36)23(22)25(37)35(2)16-18-13-19(26(28,29)30)15-20(14-18)27(31,32)33/h3-8,13-15H,9-12,16H2,1-2H3. The number of pyridine rings is 1. The minimum absolute atomic E-state index is 0.0687. The number of morpholine rings is 1. The van der Waals surface area contributed by atoms with Crippen LogP contribution in [0, 0.1) is 6.92 Å². The maximum Gasteiger partial charge on any atom is 0.416 e. The van der Waals surface area contributed by atoms with E-state index in [9.17, 15) is 31.1 Å². The average molecular weight is 538 g/mol. The van der Waals surface area contributed by atoms with Crippen molar-refractivity contribution in [3.05, 3.63) is 82.5 Å². The lowest BCUT2D eigenvalue weighted by Gasteiger charge is -2.31. The lowest BCUT2D eigenvalue weighted by molar-refractivity contribution is -0.143. The van der Waals surface area contributed by atoms with Crippen LogP contribution in [0.25, 0.3) is 11.1 Å². The van der Waals surface area contributed by atoms with E-state index in [1.807, 2.05) is 36.1 Å². The molecule has 1 aliphatic heterocycles. The molecule has 0 spiro atoms. The van der Waals surface area contributed by atoms with Crippen LogP contribution >= 0.6 is 0 Å². The summed E-state index contributed by atoms with van der Waals surface area (Å²) in [5.74, 6) is -0.199. The molecule has 0 bridgehead atoms. The maximum absolute atomic E-state index is 13.9. The monoisotopic (exact) mass is 537 g/mol. The van der Waals surface area contributed by atoms with Gasteiger partial charge in [0.2, 0.25) is 0 Å². The number of carbonyl (C=O) groups excluding carboxylic acids is 1. The average Bonchev–Trinajstić information content (AvgIpc) is 2.87. The molecule has 1 fully saturated rings. The normalized spacial score (nSPS) is 14.5. The zero-order valence-corrected chi connectivity index (χ0v) is 20.7. The topological polar surface area (TPSA) is 45.7 Å². The van der Waals surface area contributed by atoms with Gasteiger partial charge in [0.05, 0.1) is 29.9 Å². The molecule has 1 aliphatic rings. The number of aromatic nitrogens is 1. The van der Waals surface area contributed by atoms with Crippen molar-refractivity contribution in [2.24, 2.45) is 0 Å². The fourth-order valence-corrected chi connectivity index (χ4v) is 4.42. The van der Waals surface area contributed by atoms with Gasteiger partial charge in [0.25, 0.3) is 5.91 Å². The van der Waals surface area contributed by atoms with Crippen LogP contribution in [0.4, 0.5) is 32.2 Å². The molecular weight excluding hydrogens is 512 g/mol. The summed E-state index contributed by atoms with van der Waals surface area (Å²) in [5, 5.41) is 0. The number of amides is 1. The Morgan fingerprint density at radius 1 is 0.947 bits per heavy atom. The first-order valence-electron chi connectivity index (χ1n) is 11.8. The van der Waals surface area contributed by atoms with Crippen molar-refractivity contribution < 1.29 is 35.9 Å². The van der Waals surface area contributed by atoms with Crippen molar-refractivity contribution in [1.29, 1.82) is 0 Å². The highest BCUT2D eigenvalue weighted by atomic mass is 19.4. The van der Waals surface area contributed by atoms with E-state index in [0.717, 1.165) is 16.0 Å². The number of rotatable bonds is 5. The molecule has 2 heterocycles. The Labute approximate surface area is 215 Å². The molecule has 0 saturated carbocycles. The molecule has 0 atom stereocenters. The Morgan fingerprint density at radius 2 is 1.55 bits per heavy atom. The first-order chi connectivity index (χ1) is 17.9. The summed E-state index contributed by atoms with van der Waals surface area (Å²) in [6, 6.07) is 10.4. The third kappa shape index (κ3) is 5.93. The Hall–Kier alpha value is -3.60. The minimum Gasteiger partial charge on any atom is -0.378 e. The number of ether oxygens (including phenoxy) is 1. The van der Waals surface area contributed by atoms with Crippen LogP contribution in [0.2, 0.25) is 0 Å². The number of hydrogen-bond donors (Lipinski definition) is 0. The van der Waals surface area contributed by atoms with E-state index in [1.54, 1.807) is 12.3 Å². The summed E-state index contributed by atoms with van der Waals surface area (Å²) in [6.45, 7) is 3.18. The maximum atomic E-state index is 13.9. The van der Waals surface area contributed by atoms with Crippen LogP contribution in [0.3, 0.4) is 0 Å². The van der Waals surface area contributed by atoms with Crippen molar-refractivity contribution >= 4 is 11.7 Å². The zero-order chi connectivity index (χ0) is 27.7. The summed E-state index contributed by atoms with van der Waals surface area (Å²) in [6.07, 6.45) is -8.39. The SMILES string of the molecule is Cc1ccccc1-c1ccnc(N2CCOCC2)c1C(=O)N(C)Cc1cc(C(F)(F)F)cc(C(F)(F)F)c1. The van der Waals surface area contributed by atoms with E-state index in [1.165, 1.54) is 7.05 Å². The fourth-order valence-electron chi connectivity index (χ4n) is 4.42. The highest BCUT2D eigenvalue weighted by Gasteiger charge is 2.37. The summed E-state index contributed by atoms with van der Waals surface area (Å²) in [4.78, 5) is 21.3. The highest BCUT2D eigenvalue weighted by Crippen LogP contribution is 2.37. The predicted molar refractivity (Wildman–Crippen MR) is 130 cm³/mol. The van der Waals surface area contributed by atoms with E-state index in [0.29, 0.717) is 49.8 Å². The fraction of sp³-hybridized carbons (Fsp3) is 0.333. The molecule has 3 aromatic rings. The van der Waals surface area contributed by atoms with Crippen LogP contribution in [-0.2, 0) is 23.6 Å². The van der Waals surface area contributed by atoms with Gasteiger partial charge in [-0.1, -0.05) is 24.3 Å². The summed E-state index contributed by atoms with van der Waals surface area (Å²) in [7, 11) is 1.34. The molecule has 0 unspecified atom stereocenters. The molecule has 38 heavy (non-hydrogen) atoms. The van der Waals surface area contributed by atoms with E-state index >= 15 is 0 Å². The molecule has 0 N–H and O–H groups in total. The molecule has 5 nitrogen and oxygen atoms in total. The number of carbonyl (C=O) groups is 1. The number of halogens is 6. The summed E-state index contributed by atoms with van der Waals surface area (Å²) in [5.41, 5.74) is -0.725. The Bertz CT molecular complexity index is 1280. The molecule has 4 rings (SSSR count). The van der Waals surface area contributed by atoms with Gasteiger partial charge >= 0.3 is 12.4 Å². The third-order valence-corrected chi connectivity index (χ3v) is 6.30. The Morgan fingerprint density at radius 3 is 2.13 bits per heavy atom. The second-order valence-corrected chi connectivity index (χ2v) is 9.05. The van der Waals surface area contributed by atoms with Gasteiger partial charge in [-0.2, -0.15) is 26.3 Å². The first kappa shape index (κ1) is 27.4. The van der Waals surface area contributed by atoms with Crippen LogP contribution in [0.1, 0.15) is 32.6 Å². The number of hydrogen-bond acceptors (Lipinski definition) is 4. The molecule has 202 valence electrons. The number of alkyl halides is 6. The van der Waals surface area contributed by atoms with Crippen molar-refractivity contribution in [2.45, 2.75) is 25.8 Å². The molecule has 0 aliphatic carbocycles. The lowest BCUT2D eigenvalue weighted by Crippen LogP contribution is -2.39. The second kappa shape index (κ2) is 10.6. The molecule has 1 amide bonds. The van der Waals surface area contributed by atoms with Gasteiger partial charge in [0, 0.05) is 32.9 Å². The van der Waals surface area contributed by atoms with Crippen LogP contribution in [-0.4, -0.2) is 49.1 Å². The second-order valence-electron chi connectivity index (χ2n) is 9.05. The summed E-state index contributed by atoms with van der Waals surface area (Å²) < 4.78 is 85.6. The van der Waals surface area contributed by atoms with Crippen LogP contribution in [0.15, 0.2) is 54.7 Å². The van der Waals surface area contributed by atoms with Gasteiger partial charge in [-0.15, -0.1) is 0 Å². The smallest absolute Gasteiger partial charge is 0.378 e. The van der Waals surface area contributed by atoms with Gasteiger partial charge in [-0.25, -0.2) is 4.98 Å². The summed E-state index contributed by atoms with van der Waals surface area (Å²) >= 11 is 0. The van der Waals surface area contributed by atoms with Gasteiger partial charge in [0.15, 0.2) is 0 Å². The lowest BCUT2D eigenvalue weighted by atomic mass is 9.95. The third-order valence-electron chi connectivity index (χ3n) is 6.30. The molecule has 11 heteroatoms.